The third-order valence-corrected chi connectivity index (χ3v) is 3.10. The van der Waals surface area contributed by atoms with Gasteiger partial charge in [-0.3, -0.25) is 0 Å². The number of aromatic hydroxyl groups is 1. The highest BCUT2D eigenvalue weighted by Gasteiger charge is 2.03. The third-order valence-electron chi connectivity index (χ3n) is 3.10. The molecule has 1 N–H and O–H groups in total. The highest BCUT2D eigenvalue weighted by atomic mass is 16.5. The fourth-order valence-electron chi connectivity index (χ4n) is 1.95. The average molecular weight is 286 g/mol. The van der Waals surface area contributed by atoms with Crippen molar-refractivity contribution in [1.82, 2.24) is 0 Å². The zero-order valence-corrected chi connectivity index (χ0v) is 12.3. The van der Waals surface area contributed by atoms with E-state index >= 15 is 0 Å². The average Bonchev–Trinajstić information content (AvgIpc) is 2.53. The van der Waals surface area contributed by atoms with Gasteiger partial charge in [-0.1, -0.05) is 18.2 Å². The van der Waals surface area contributed by atoms with Gasteiger partial charge in [0.1, 0.15) is 11.5 Å². The van der Waals surface area contributed by atoms with Crippen LogP contribution in [0.25, 0.3) is 12.2 Å². The van der Waals surface area contributed by atoms with E-state index in [1.165, 1.54) is 7.11 Å². The summed E-state index contributed by atoms with van der Waals surface area (Å²) in [5.74, 6) is 2.08. The molecule has 0 aliphatic rings. The lowest BCUT2D eigenvalue weighted by Gasteiger charge is -2.07. The van der Waals surface area contributed by atoms with Crippen molar-refractivity contribution in [3.63, 3.8) is 0 Å². The number of phenolic OH excluding ortho intramolecular Hbond substituents is 1. The van der Waals surface area contributed by atoms with E-state index in [1.54, 1.807) is 32.4 Å². The maximum Gasteiger partial charge on any atom is 0.161 e. The molecule has 110 valence electrons. The first-order valence-corrected chi connectivity index (χ1v) is 6.45. The molecule has 0 unspecified atom stereocenters. The lowest BCUT2D eigenvalue weighted by molar-refractivity contribution is 0.373. The molecule has 4 nitrogen and oxygen atoms in total. The van der Waals surface area contributed by atoms with E-state index in [2.05, 4.69) is 0 Å². The largest absolute Gasteiger partial charge is 0.504 e. The summed E-state index contributed by atoms with van der Waals surface area (Å²) in [4.78, 5) is 0. The van der Waals surface area contributed by atoms with Gasteiger partial charge < -0.3 is 19.3 Å². The summed E-state index contributed by atoms with van der Waals surface area (Å²) in [5.41, 5.74) is 1.82. The van der Waals surface area contributed by atoms with Crippen molar-refractivity contribution in [2.45, 2.75) is 0 Å². The molecular weight excluding hydrogens is 268 g/mol. The fourth-order valence-corrected chi connectivity index (χ4v) is 1.95. The van der Waals surface area contributed by atoms with Crippen molar-refractivity contribution in [2.24, 2.45) is 0 Å². The van der Waals surface area contributed by atoms with Crippen molar-refractivity contribution >= 4 is 12.2 Å². The quantitative estimate of drug-likeness (QED) is 0.853. The molecular formula is C17H18O4. The Morgan fingerprint density at radius 2 is 1.57 bits per heavy atom. The number of phenols is 1. The number of hydrogen-bond donors (Lipinski definition) is 1. The third kappa shape index (κ3) is 3.48. The van der Waals surface area contributed by atoms with E-state index in [0.29, 0.717) is 5.75 Å². The molecule has 0 saturated heterocycles. The Labute approximate surface area is 124 Å². The van der Waals surface area contributed by atoms with Crippen molar-refractivity contribution in [3.8, 4) is 23.0 Å². The molecule has 4 heteroatoms. The van der Waals surface area contributed by atoms with Crippen molar-refractivity contribution in [1.29, 1.82) is 0 Å². The van der Waals surface area contributed by atoms with E-state index in [1.807, 2.05) is 30.4 Å². The van der Waals surface area contributed by atoms with E-state index in [9.17, 15) is 5.11 Å². The molecule has 2 aromatic carbocycles. The Hall–Kier alpha value is -2.62. The minimum atomic E-state index is 0.119. The summed E-state index contributed by atoms with van der Waals surface area (Å²) in [5, 5.41) is 9.59. The summed E-state index contributed by atoms with van der Waals surface area (Å²) in [6.07, 6.45) is 3.84. The van der Waals surface area contributed by atoms with Crippen LogP contribution >= 0.6 is 0 Å². The first-order chi connectivity index (χ1) is 10.2. The van der Waals surface area contributed by atoms with Gasteiger partial charge in [-0.05, 0) is 35.9 Å². The van der Waals surface area contributed by atoms with Crippen LogP contribution in [-0.2, 0) is 0 Å². The summed E-state index contributed by atoms with van der Waals surface area (Å²) >= 11 is 0. The van der Waals surface area contributed by atoms with Gasteiger partial charge in [-0.15, -0.1) is 0 Å². The second-order valence-corrected chi connectivity index (χ2v) is 4.37. The van der Waals surface area contributed by atoms with Gasteiger partial charge >= 0.3 is 0 Å². The van der Waals surface area contributed by atoms with Crippen molar-refractivity contribution in [2.75, 3.05) is 21.3 Å². The topological polar surface area (TPSA) is 47.9 Å². The first kappa shape index (κ1) is 14.8. The smallest absolute Gasteiger partial charge is 0.161 e. The van der Waals surface area contributed by atoms with Crippen LogP contribution in [0.3, 0.4) is 0 Å². The van der Waals surface area contributed by atoms with Crippen LogP contribution in [0, 0.1) is 0 Å². The summed E-state index contributed by atoms with van der Waals surface area (Å²) in [7, 11) is 4.77. The fraction of sp³-hybridized carbons (Fsp3) is 0.176. The van der Waals surface area contributed by atoms with Gasteiger partial charge in [-0.25, -0.2) is 0 Å². The van der Waals surface area contributed by atoms with Gasteiger partial charge in [0.15, 0.2) is 11.5 Å². The normalized spacial score (nSPS) is 10.6. The highest BCUT2D eigenvalue weighted by Crippen LogP contribution is 2.29. The van der Waals surface area contributed by atoms with E-state index in [4.69, 9.17) is 14.2 Å². The lowest BCUT2D eigenvalue weighted by atomic mass is 10.1. The molecule has 2 rings (SSSR count). The molecule has 21 heavy (non-hydrogen) atoms. The van der Waals surface area contributed by atoms with Gasteiger partial charge in [0, 0.05) is 5.56 Å². The minimum absolute atomic E-state index is 0.119. The summed E-state index contributed by atoms with van der Waals surface area (Å²) in [6.45, 7) is 0. The maximum absolute atomic E-state index is 9.59. The predicted octanol–water partition coefficient (Wildman–Crippen LogP) is 3.59. The van der Waals surface area contributed by atoms with E-state index in [0.717, 1.165) is 22.6 Å². The lowest BCUT2D eigenvalue weighted by Crippen LogP contribution is -1.89. The second-order valence-electron chi connectivity index (χ2n) is 4.37. The zero-order chi connectivity index (χ0) is 15.2. The molecule has 0 saturated carbocycles. The molecule has 0 aromatic heterocycles. The minimum Gasteiger partial charge on any atom is -0.504 e. The van der Waals surface area contributed by atoms with Crippen molar-refractivity contribution in [3.05, 3.63) is 47.5 Å². The molecule has 0 aliphatic carbocycles. The Kier molecular flexibility index (Phi) is 4.72. The standard InChI is InChI=1S/C17H18O4/c1-19-14-7-9-16(20-2)13(11-14)6-4-12-5-8-15(18)17(10-12)21-3/h4-11,18H,1-3H3/b6-4+. The number of hydrogen-bond acceptors (Lipinski definition) is 4. The van der Waals surface area contributed by atoms with Gasteiger partial charge in [0.25, 0.3) is 0 Å². The van der Waals surface area contributed by atoms with E-state index < -0.39 is 0 Å². The number of ether oxygens (including phenoxy) is 3. The molecule has 0 heterocycles. The van der Waals surface area contributed by atoms with E-state index in [-0.39, 0.29) is 5.75 Å². The van der Waals surface area contributed by atoms with Crippen LogP contribution in [0.1, 0.15) is 11.1 Å². The van der Waals surface area contributed by atoms with Crippen LogP contribution in [-0.4, -0.2) is 26.4 Å². The van der Waals surface area contributed by atoms with Gasteiger partial charge in [-0.2, -0.15) is 0 Å². The molecule has 0 fully saturated rings. The van der Waals surface area contributed by atoms with Gasteiger partial charge in [0.05, 0.1) is 21.3 Å². The molecule has 0 aliphatic heterocycles. The van der Waals surface area contributed by atoms with Gasteiger partial charge in [0.2, 0.25) is 0 Å². The monoisotopic (exact) mass is 286 g/mol. The van der Waals surface area contributed by atoms with Crippen LogP contribution in [0.2, 0.25) is 0 Å². The molecule has 0 bridgehead atoms. The molecule has 0 amide bonds. The van der Waals surface area contributed by atoms with Crippen LogP contribution in [0.4, 0.5) is 0 Å². The second kappa shape index (κ2) is 6.70. The predicted molar refractivity (Wildman–Crippen MR) is 83.1 cm³/mol. The Morgan fingerprint density at radius 1 is 0.810 bits per heavy atom. The molecule has 2 aromatic rings. The number of benzene rings is 2. The summed E-state index contributed by atoms with van der Waals surface area (Å²) < 4.78 is 15.6. The van der Waals surface area contributed by atoms with Crippen LogP contribution < -0.4 is 14.2 Å². The molecule has 0 atom stereocenters. The Balaban J connectivity index is 2.32. The maximum atomic E-state index is 9.59. The Bertz CT molecular complexity index is 647. The van der Waals surface area contributed by atoms with Crippen LogP contribution in [0.5, 0.6) is 23.0 Å². The highest BCUT2D eigenvalue weighted by molar-refractivity contribution is 5.74. The number of rotatable bonds is 5. The Morgan fingerprint density at radius 3 is 2.24 bits per heavy atom. The van der Waals surface area contributed by atoms with Crippen LogP contribution in [0.15, 0.2) is 36.4 Å². The first-order valence-electron chi connectivity index (χ1n) is 6.45. The molecule has 0 spiro atoms. The van der Waals surface area contributed by atoms with Crippen molar-refractivity contribution < 1.29 is 19.3 Å². The SMILES string of the molecule is COc1ccc(OC)c(/C=C/c2ccc(O)c(OC)c2)c1. The summed E-state index contributed by atoms with van der Waals surface area (Å²) in [6, 6.07) is 10.8. The zero-order valence-electron chi connectivity index (χ0n) is 12.3. The number of methoxy groups -OCH3 is 3. The molecule has 0 radical (unpaired) electrons.